The second-order valence-electron chi connectivity index (χ2n) is 10.2. The first-order valence-electron chi connectivity index (χ1n) is 13.8. The Labute approximate surface area is 237 Å². The highest BCUT2D eigenvalue weighted by Gasteiger charge is 2.33. The first-order chi connectivity index (χ1) is 19.2. The second-order valence-corrected chi connectivity index (χ2v) is 10.2. The SMILES string of the molecule is C=CN/C(C)=C(\NC(=O)C(CC)N1CCN(C2COC2)CC1)NC(C)[C@@H](C)/N=C(\N=C)Nc1cn(C)nc1OC. The van der Waals surface area contributed by atoms with E-state index >= 15 is 0 Å². The second kappa shape index (κ2) is 14.8. The Morgan fingerprint density at radius 1 is 1.30 bits per heavy atom. The molecule has 13 heteroatoms. The van der Waals surface area contributed by atoms with Crippen molar-refractivity contribution < 1.29 is 14.3 Å². The van der Waals surface area contributed by atoms with Crippen molar-refractivity contribution in [3.8, 4) is 5.88 Å². The topological polar surface area (TPSA) is 133 Å². The van der Waals surface area contributed by atoms with E-state index in [1.165, 1.54) is 0 Å². The van der Waals surface area contributed by atoms with Crippen LogP contribution in [0.5, 0.6) is 5.88 Å². The minimum absolute atomic E-state index is 0.0437. The van der Waals surface area contributed by atoms with E-state index < -0.39 is 0 Å². The van der Waals surface area contributed by atoms with Gasteiger partial charge in [0.2, 0.25) is 11.9 Å². The van der Waals surface area contributed by atoms with Gasteiger partial charge in [-0.15, -0.1) is 5.10 Å². The maximum Gasteiger partial charge on any atom is 0.256 e. The van der Waals surface area contributed by atoms with Crippen LogP contribution in [0.15, 0.2) is 40.5 Å². The molecule has 0 saturated carbocycles. The van der Waals surface area contributed by atoms with Crippen LogP contribution in [-0.4, -0.2) is 109 Å². The van der Waals surface area contributed by atoms with E-state index in [-0.39, 0.29) is 24.0 Å². The Bertz CT molecular complexity index is 1070. The summed E-state index contributed by atoms with van der Waals surface area (Å²) in [4.78, 5) is 27.0. The van der Waals surface area contributed by atoms with Crippen molar-refractivity contribution in [2.45, 2.75) is 58.3 Å². The van der Waals surface area contributed by atoms with E-state index in [9.17, 15) is 4.79 Å². The van der Waals surface area contributed by atoms with Gasteiger partial charge in [0, 0.05) is 39.3 Å². The molecule has 2 unspecified atom stereocenters. The quantitative estimate of drug-likeness (QED) is 0.208. The number of anilines is 1. The number of aromatic nitrogens is 2. The molecule has 0 aromatic carbocycles. The monoisotopic (exact) mass is 558 g/mol. The minimum Gasteiger partial charge on any atom is -0.478 e. The molecule has 2 saturated heterocycles. The van der Waals surface area contributed by atoms with Crippen molar-refractivity contribution in [2.75, 3.05) is 51.8 Å². The number of nitrogens with zero attached hydrogens (tertiary/aromatic N) is 6. The smallest absolute Gasteiger partial charge is 0.256 e. The average Bonchev–Trinajstić information content (AvgIpc) is 3.27. The molecule has 3 atom stereocenters. The van der Waals surface area contributed by atoms with Gasteiger partial charge in [-0.1, -0.05) is 13.5 Å². The number of aryl methyl sites for hydroxylation is 1. The zero-order chi connectivity index (χ0) is 29.2. The number of carbonyl (C=O) groups is 1. The molecule has 13 nitrogen and oxygen atoms in total. The summed E-state index contributed by atoms with van der Waals surface area (Å²) < 4.78 is 12.3. The molecule has 1 aromatic rings. The molecule has 1 amide bonds. The van der Waals surface area contributed by atoms with Gasteiger partial charge in [-0.05, 0) is 40.1 Å². The summed E-state index contributed by atoms with van der Waals surface area (Å²) in [6.45, 7) is 20.5. The molecule has 2 aliphatic heterocycles. The number of allylic oxidation sites excluding steroid dienone is 1. The molecule has 3 rings (SSSR count). The van der Waals surface area contributed by atoms with Crippen LogP contribution in [-0.2, 0) is 16.6 Å². The van der Waals surface area contributed by atoms with Gasteiger partial charge in [0.05, 0.1) is 50.3 Å². The van der Waals surface area contributed by atoms with Gasteiger partial charge in [-0.3, -0.25) is 19.3 Å². The lowest BCUT2D eigenvalue weighted by atomic mass is 10.1. The van der Waals surface area contributed by atoms with Gasteiger partial charge >= 0.3 is 0 Å². The van der Waals surface area contributed by atoms with Gasteiger partial charge in [0.15, 0.2) is 0 Å². The molecule has 222 valence electrons. The van der Waals surface area contributed by atoms with Crippen LogP contribution in [0, 0.1) is 0 Å². The summed E-state index contributed by atoms with van der Waals surface area (Å²) in [7, 11) is 3.35. The maximum absolute atomic E-state index is 13.5. The number of aliphatic imine (C=N–C) groups is 2. The number of amides is 1. The highest BCUT2D eigenvalue weighted by atomic mass is 16.5. The fourth-order valence-electron chi connectivity index (χ4n) is 4.72. The third kappa shape index (κ3) is 8.05. The Morgan fingerprint density at radius 3 is 2.55 bits per heavy atom. The van der Waals surface area contributed by atoms with Crippen LogP contribution in [0.4, 0.5) is 5.69 Å². The summed E-state index contributed by atoms with van der Waals surface area (Å²) in [5.41, 5.74) is 1.38. The van der Waals surface area contributed by atoms with Crippen molar-refractivity contribution in [1.82, 2.24) is 35.5 Å². The van der Waals surface area contributed by atoms with Gasteiger partial charge in [-0.25, -0.2) is 9.98 Å². The molecule has 3 heterocycles. The number of ether oxygens (including phenoxy) is 2. The van der Waals surface area contributed by atoms with Crippen LogP contribution in [0.1, 0.15) is 34.1 Å². The van der Waals surface area contributed by atoms with Crippen LogP contribution in [0.25, 0.3) is 0 Å². The first kappa shape index (κ1) is 31.1. The normalized spacial score (nSPS) is 19.9. The van der Waals surface area contributed by atoms with E-state index in [0.717, 1.165) is 45.1 Å². The van der Waals surface area contributed by atoms with Crippen LogP contribution in [0.3, 0.4) is 0 Å². The van der Waals surface area contributed by atoms with Crippen molar-refractivity contribution in [3.63, 3.8) is 0 Å². The summed E-state index contributed by atoms with van der Waals surface area (Å²) in [5.74, 6) is 1.30. The fourth-order valence-corrected chi connectivity index (χ4v) is 4.72. The van der Waals surface area contributed by atoms with E-state index in [1.54, 1.807) is 31.2 Å². The van der Waals surface area contributed by atoms with E-state index in [1.807, 2.05) is 20.8 Å². The predicted octanol–water partition coefficient (Wildman–Crippen LogP) is 1.10. The highest BCUT2D eigenvalue weighted by Crippen LogP contribution is 2.21. The van der Waals surface area contributed by atoms with Crippen LogP contribution in [0.2, 0.25) is 0 Å². The van der Waals surface area contributed by atoms with Gasteiger partial charge in [0.1, 0.15) is 11.5 Å². The molecule has 0 radical (unpaired) electrons. The van der Waals surface area contributed by atoms with Crippen molar-refractivity contribution in [2.24, 2.45) is 17.0 Å². The lowest BCUT2D eigenvalue weighted by Crippen LogP contribution is -2.60. The third-order valence-electron chi connectivity index (χ3n) is 7.36. The Morgan fingerprint density at radius 2 is 2.00 bits per heavy atom. The third-order valence-corrected chi connectivity index (χ3v) is 7.36. The van der Waals surface area contributed by atoms with Gasteiger partial charge in [0.25, 0.3) is 5.88 Å². The number of guanidine groups is 1. The lowest BCUT2D eigenvalue weighted by molar-refractivity contribution is -0.128. The summed E-state index contributed by atoms with van der Waals surface area (Å²) in [6, 6.07) is -0.106. The van der Waals surface area contributed by atoms with Gasteiger partial charge < -0.3 is 30.7 Å². The first-order valence-corrected chi connectivity index (χ1v) is 13.8. The molecular formula is C27H46N10O3. The standard InChI is InChI=1S/C27H46N10O3/c1-9-23(37-13-11-36(12-14-37)21-16-40-17-21)25(38)33-24(20(5)29-10-2)30-18(3)19(4)31-27(28-6)32-22-15-35(7)34-26(22)39-8/h10,15,18-19,21,23,29-30H,2,6,9,11-14,16-17H2,1,3-5,7-8H3,(H,31,32)(H,33,38)/b24-20-/t18?,19-,23?/m1/s1. The number of rotatable bonds is 13. The Balaban J connectivity index is 1.66. The molecule has 40 heavy (non-hydrogen) atoms. The summed E-state index contributed by atoms with van der Waals surface area (Å²) in [5, 5.41) is 17.0. The molecule has 1 aromatic heterocycles. The largest absolute Gasteiger partial charge is 0.478 e. The van der Waals surface area contributed by atoms with E-state index in [2.05, 4.69) is 61.4 Å². The van der Waals surface area contributed by atoms with Crippen molar-refractivity contribution in [3.05, 3.63) is 30.5 Å². The molecule has 2 aliphatic rings. The van der Waals surface area contributed by atoms with Crippen molar-refractivity contribution >= 4 is 24.3 Å². The number of nitrogens with one attached hydrogen (secondary N) is 4. The van der Waals surface area contributed by atoms with Crippen LogP contribution >= 0.6 is 0 Å². The zero-order valence-electron chi connectivity index (χ0n) is 24.7. The molecule has 0 bridgehead atoms. The zero-order valence-corrected chi connectivity index (χ0v) is 24.7. The molecule has 4 N–H and O–H groups in total. The molecule has 0 spiro atoms. The number of piperazine rings is 1. The predicted molar refractivity (Wildman–Crippen MR) is 158 cm³/mol. The molecular weight excluding hydrogens is 512 g/mol. The van der Waals surface area contributed by atoms with E-state index in [0.29, 0.717) is 35.8 Å². The van der Waals surface area contributed by atoms with Crippen molar-refractivity contribution in [1.29, 1.82) is 0 Å². The summed E-state index contributed by atoms with van der Waals surface area (Å²) in [6.07, 6.45) is 4.08. The van der Waals surface area contributed by atoms with Gasteiger partial charge in [-0.2, -0.15) is 0 Å². The number of carbonyl (C=O) groups excluding carboxylic acids is 1. The fraction of sp³-hybridized carbons (Fsp3) is 0.630. The van der Waals surface area contributed by atoms with Crippen LogP contribution < -0.4 is 26.0 Å². The Hall–Kier alpha value is -3.42. The Kier molecular flexibility index (Phi) is 11.5. The highest BCUT2D eigenvalue weighted by molar-refractivity contribution is 5.97. The maximum atomic E-state index is 13.5. The molecule has 2 fully saturated rings. The number of hydrogen-bond donors (Lipinski definition) is 4. The average molecular weight is 559 g/mol. The molecule has 0 aliphatic carbocycles. The number of methoxy groups -OCH3 is 1. The minimum atomic E-state index is -0.232. The lowest BCUT2D eigenvalue weighted by Gasteiger charge is -2.44. The number of hydrogen-bond acceptors (Lipinski definition) is 9. The summed E-state index contributed by atoms with van der Waals surface area (Å²) >= 11 is 0. The van der Waals surface area contributed by atoms with E-state index in [4.69, 9.17) is 14.5 Å².